The molecule has 0 aromatic heterocycles. The number of amides is 1. The molecule has 33 heavy (non-hydrogen) atoms. The van der Waals surface area contributed by atoms with Crippen LogP contribution in [0.2, 0.25) is 0 Å². The molecule has 5 nitrogen and oxygen atoms in total. The van der Waals surface area contributed by atoms with Crippen molar-refractivity contribution in [2.75, 3.05) is 13.7 Å². The average Bonchev–Trinajstić information content (AvgIpc) is 3.13. The fourth-order valence-electron chi connectivity index (χ4n) is 8.81. The molecule has 2 N–H and O–H groups in total. The zero-order valence-electron chi connectivity index (χ0n) is 21.6. The quantitative estimate of drug-likeness (QED) is 0.408. The molecule has 9 atom stereocenters. The van der Waals surface area contributed by atoms with Gasteiger partial charge in [0.15, 0.2) is 0 Å². The molecule has 0 radical (unpaired) electrons. The predicted octanol–water partition coefficient (Wildman–Crippen LogP) is 5.11. The van der Waals surface area contributed by atoms with Crippen molar-refractivity contribution in [3.05, 3.63) is 11.6 Å². The third-order valence-electron chi connectivity index (χ3n) is 10.6. The minimum absolute atomic E-state index is 0.0222. The van der Waals surface area contributed by atoms with Gasteiger partial charge in [0.05, 0.1) is 25.9 Å². The van der Waals surface area contributed by atoms with E-state index in [2.05, 4.69) is 26.8 Å². The molecule has 5 heteroatoms. The van der Waals surface area contributed by atoms with E-state index in [9.17, 15) is 15.0 Å². The molecule has 0 heterocycles. The van der Waals surface area contributed by atoms with E-state index in [0.29, 0.717) is 29.1 Å². The molecule has 0 aromatic rings. The Morgan fingerprint density at radius 1 is 1.18 bits per heavy atom. The van der Waals surface area contributed by atoms with Crippen molar-refractivity contribution in [3.63, 3.8) is 0 Å². The summed E-state index contributed by atoms with van der Waals surface area (Å²) in [6.07, 6.45) is 12.6. The Kier molecular flexibility index (Phi) is 7.34. The SMILES string of the molecule is CON(C[C@H](C)O)C(=O)CC[C@@H](C)[C@H]1CC[C@H]2[C@@H]3CC=C4C[C@@H](O)CC[C@]4(C)[C@H]3CC[C@]12C. The molecule has 4 aliphatic carbocycles. The zero-order valence-corrected chi connectivity index (χ0v) is 21.6. The fraction of sp³-hybridized carbons (Fsp3) is 0.893. The second kappa shape index (κ2) is 9.62. The Hall–Kier alpha value is -0.910. The summed E-state index contributed by atoms with van der Waals surface area (Å²) < 4.78 is 0. The molecule has 1 amide bonds. The molecule has 0 unspecified atom stereocenters. The van der Waals surface area contributed by atoms with Gasteiger partial charge in [-0.25, -0.2) is 5.06 Å². The lowest BCUT2D eigenvalue weighted by Crippen LogP contribution is -2.50. The van der Waals surface area contributed by atoms with Crippen molar-refractivity contribution in [1.82, 2.24) is 5.06 Å². The Bertz CT molecular complexity index is 750. The number of aliphatic hydroxyl groups is 2. The van der Waals surface area contributed by atoms with Crippen LogP contribution in [-0.4, -0.2) is 47.0 Å². The smallest absolute Gasteiger partial charge is 0.246 e. The second-order valence-electron chi connectivity index (χ2n) is 12.4. The minimum atomic E-state index is -0.588. The van der Waals surface area contributed by atoms with E-state index < -0.39 is 6.10 Å². The highest BCUT2D eigenvalue weighted by atomic mass is 16.7. The molecule has 0 spiro atoms. The highest BCUT2D eigenvalue weighted by Crippen LogP contribution is 2.67. The van der Waals surface area contributed by atoms with Crippen LogP contribution in [0.3, 0.4) is 0 Å². The van der Waals surface area contributed by atoms with Crippen LogP contribution in [-0.2, 0) is 9.63 Å². The molecule has 0 saturated heterocycles. The summed E-state index contributed by atoms with van der Waals surface area (Å²) in [5, 5.41) is 21.2. The van der Waals surface area contributed by atoms with Gasteiger partial charge in [-0.3, -0.25) is 9.63 Å². The van der Waals surface area contributed by atoms with Crippen LogP contribution in [0.15, 0.2) is 11.6 Å². The third-order valence-corrected chi connectivity index (χ3v) is 10.6. The standard InChI is InChI=1S/C28H47NO4/c1-18(6-11-26(32)29(33-5)17-19(2)30)23-9-10-24-22-8-7-20-16-21(31)12-14-27(20,3)25(22)13-15-28(23,24)4/h7,18-19,21-25,30-31H,6,8-17H2,1-5H3/t18-,19+,21+,22+,23-,24+,25+,27+,28-/m1/s1. The summed E-state index contributed by atoms with van der Waals surface area (Å²) in [7, 11) is 1.50. The first-order chi connectivity index (χ1) is 15.6. The first kappa shape index (κ1) is 25.2. The number of aliphatic hydroxyl groups excluding tert-OH is 2. The second-order valence-corrected chi connectivity index (χ2v) is 12.4. The zero-order chi connectivity index (χ0) is 24.0. The first-order valence-corrected chi connectivity index (χ1v) is 13.5. The maximum absolute atomic E-state index is 12.6. The van der Waals surface area contributed by atoms with Crippen molar-refractivity contribution in [1.29, 1.82) is 0 Å². The molecule has 188 valence electrons. The van der Waals surface area contributed by atoms with Crippen LogP contribution in [0.1, 0.15) is 91.9 Å². The molecule has 0 aromatic carbocycles. The summed E-state index contributed by atoms with van der Waals surface area (Å²) >= 11 is 0. The van der Waals surface area contributed by atoms with Gasteiger partial charge in [-0.05, 0) is 105 Å². The van der Waals surface area contributed by atoms with Gasteiger partial charge < -0.3 is 10.2 Å². The predicted molar refractivity (Wildman–Crippen MR) is 130 cm³/mol. The monoisotopic (exact) mass is 461 g/mol. The minimum Gasteiger partial charge on any atom is -0.393 e. The maximum Gasteiger partial charge on any atom is 0.246 e. The molecule has 4 rings (SSSR count). The van der Waals surface area contributed by atoms with Gasteiger partial charge in [0, 0.05) is 6.42 Å². The van der Waals surface area contributed by atoms with Gasteiger partial charge in [-0.15, -0.1) is 0 Å². The summed E-state index contributed by atoms with van der Waals surface area (Å²) in [6, 6.07) is 0. The number of rotatable bonds is 7. The number of hydrogen-bond donors (Lipinski definition) is 2. The molecule has 3 fully saturated rings. The summed E-state index contributed by atoms with van der Waals surface area (Å²) in [5.41, 5.74) is 2.22. The van der Waals surface area contributed by atoms with E-state index in [1.165, 1.54) is 44.3 Å². The Morgan fingerprint density at radius 3 is 2.64 bits per heavy atom. The number of nitrogens with zero attached hydrogens (tertiary/aromatic N) is 1. The van der Waals surface area contributed by atoms with E-state index in [4.69, 9.17) is 4.84 Å². The van der Waals surface area contributed by atoms with Crippen molar-refractivity contribution in [3.8, 4) is 0 Å². The van der Waals surface area contributed by atoms with Crippen LogP contribution in [0.4, 0.5) is 0 Å². The molecule has 3 saturated carbocycles. The van der Waals surface area contributed by atoms with Gasteiger partial charge in [0.2, 0.25) is 5.91 Å². The Labute approximate surface area is 200 Å². The number of hydrogen-bond acceptors (Lipinski definition) is 4. The van der Waals surface area contributed by atoms with E-state index in [1.54, 1.807) is 12.5 Å². The summed E-state index contributed by atoms with van der Waals surface area (Å²) in [4.78, 5) is 17.8. The normalized spacial score (nSPS) is 41.9. The summed E-state index contributed by atoms with van der Waals surface area (Å²) in [5.74, 6) is 3.50. The highest BCUT2D eigenvalue weighted by molar-refractivity contribution is 5.75. The average molecular weight is 462 g/mol. The number of carbonyl (C=O) groups is 1. The van der Waals surface area contributed by atoms with Gasteiger partial charge >= 0.3 is 0 Å². The van der Waals surface area contributed by atoms with E-state index in [0.717, 1.165) is 43.4 Å². The third kappa shape index (κ3) is 4.54. The van der Waals surface area contributed by atoms with Crippen LogP contribution >= 0.6 is 0 Å². The van der Waals surface area contributed by atoms with E-state index >= 15 is 0 Å². The Morgan fingerprint density at radius 2 is 1.94 bits per heavy atom. The van der Waals surface area contributed by atoms with Crippen LogP contribution < -0.4 is 0 Å². The van der Waals surface area contributed by atoms with Crippen molar-refractivity contribution in [2.45, 2.75) is 104 Å². The highest BCUT2D eigenvalue weighted by Gasteiger charge is 2.59. The number of hydroxylamine groups is 2. The molecule has 4 aliphatic rings. The van der Waals surface area contributed by atoms with Crippen LogP contribution in [0, 0.1) is 40.4 Å². The van der Waals surface area contributed by atoms with Crippen LogP contribution in [0.25, 0.3) is 0 Å². The summed E-state index contributed by atoms with van der Waals surface area (Å²) in [6.45, 7) is 9.31. The number of allylic oxidation sites excluding steroid dienone is 1. The molecular weight excluding hydrogens is 414 g/mol. The Balaban J connectivity index is 1.42. The van der Waals surface area contributed by atoms with Gasteiger partial charge in [0.1, 0.15) is 0 Å². The maximum atomic E-state index is 12.6. The lowest BCUT2D eigenvalue weighted by molar-refractivity contribution is -0.182. The van der Waals surface area contributed by atoms with Crippen LogP contribution in [0.5, 0.6) is 0 Å². The van der Waals surface area contributed by atoms with Gasteiger partial charge in [0.25, 0.3) is 0 Å². The largest absolute Gasteiger partial charge is 0.393 e. The fourth-order valence-corrected chi connectivity index (χ4v) is 8.81. The van der Waals surface area contributed by atoms with Crippen molar-refractivity contribution in [2.24, 2.45) is 40.4 Å². The van der Waals surface area contributed by atoms with E-state index in [-0.39, 0.29) is 18.6 Å². The lowest BCUT2D eigenvalue weighted by Gasteiger charge is -2.58. The molecule has 0 aliphatic heterocycles. The molecular formula is C28H47NO4. The van der Waals surface area contributed by atoms with Gasteiger partial charge in [-0.2, -0.15) is 0 Å². The first-order valence-electron chi connectivity index (χ1n) is 13.5. The lowest BCUT2D eigenvalue weighted by atomic mass is 9.47. The van der Waals surface area contributed by atoms with E-state index in [1.807, 2.05) is 0 Å². The number of carbonyl (C=O) groups excluding carboxylic acids is 1. The topological polar surface area (TPSA) is 70.0 Å². The van der Waals surface area contributed by atoms with Crippen molar-refractivity contribution < 1.29 is 19.8 Å². The number of fused-ring (bicyclic) bond motifs is 5. The van der Waals surface area contributed by atoms with Crippen molar-refractivity contribution >= 4 is 5.91 Å². The molecule has 0 bridgehead atoms. The van der Waals surface area contributed by atoms with Gasteiger partial charge in [-0.1, -0.05) is 32.4 Å².